The first-order chi connectivity index (χ1) is 10.1. The number of rotatable bonds is 5. The summed E-state index contributed by atoms with van der Waals surface area (Å²) in [6.07, 6.45) is -0.833. The van der Waals surface area contributed by atoms with Crippen LogP contribution in [0.25, 0.3) is 0 Å². The van der Waals surface area contributed by atoms with Crippen molar-refractivity contribution in [3.63, 3.8) is 0 Å². The fourth-order valence-electron chi connectivity index (χ4n) is 1.63. The molecule has 1 unspecified atom stereocenters. The first kappa shape index (κ1) is 18.1. The Morgan fingerprint density at radius 2 is 2.14 bits per heavy atom. The monoisotopic (exact) mass is 317 g/mol. The minimum absolute atomic E-state index is 0.000831. The zero-order valence-electron chi connectivity index (χ0n) is 12.9. The Hall–Kier alpha value is -1.96. The molecule has 1 amide bonds. The second-order valence-electron chi connectivity index (χ2n) is 5.79. The minimum atomic E-state index is -1.26. The predicted molar refractivity (Wildman–Crippen MR) is 79.1 cm³/mol. The molecule has 3 N–H and O–H groups in total. The quantitative estimate of drug-likeness (QED) is 0.870. The maximum absolute atomic E-state index is 13.9. The van der Waals surface area contributed by atoms with Gasteiger partial charge in [0.25, 0.3) is 5.56 Å². The number of hydrogen-bond acceptors (Lipinski definition) is 4. The molecule has 1 aromatic rings. The van der Waals surface area contributed by atoms with Gasteiger partial charge >= 0.3 is 6.09 Å². The number of nitrogens with one attached hydrogen (secondary N) is 1. The first-order valence-electron chi connectivity index (χ1n) is 6.87. The van der Waals surface area contributed by atoms with E-state index in [0.29, 0.717) is 0 Å². The number of nitrogens with two attached hydrogens (primary N) is 1. The van der Waals surface area contributed by atoms with Crippen molar-refractivity contribution >= 4 is 11.8 Å². The van der Waals surface area contributed by atoms with Crippen molar-refractivity contribution in [1.82, 2.24) is 4.57 Å². The van der Waals surface area contributed by atoms with Gasteiger partial charge in [0.2, 0.25) is 5.82 Å². The van der Waals surface area contributed by atoms with E-state index in [4.69, 9.17) is 10.5 Å². The van der Waals surface area contributed by atoms with Crippen LogP contribution in [0.4, 0.5) is 19.3 Å². The van der Waals surface area contributed by atoms with Gasteiger partial charge in [-0.05, 0) is 33.3 Å². The largest absolute Gasteiger partial charge is 0.444 e. The first-order valence-corrected chi connectivity index (χ1v) is 6.87. The highest BCUT2D eigenvalue weighted by molar-refractivity contribution is 5.84. The van der Waals surface area contributed by atoms with Crippen LogP contribution in [0.2, 0.25) is 0 Å². The van der Waals surface area contributed by atoms with Crippen LogP contribution in [0.15, 0.2) is 17.1 Å². The number of aromatic nitrogens is 1. The number of carbonyl (C=O) groups excluding carboxylic acids is 1. The number of anilines is 1. The standard InChI is InChI=1S/C14H21F2N3O3/c1-14(2,3)22-13(21)18-10-5-7-19(12(20)11(10)16)6-4-9(15)8-17/h5,7,9H,4,6,8,17H2,1-3H3,(H,18,21). The molecule has 0 aliphatic carbocycles. The summed E-state index contributed by atoms with van der Waals surface area (Å²) in [5.41, 5.74) is 3.16. The highest BCUT2D eigenvalue weighted by Gasteiger charge is 2.19. The lowest BCUT2D eigenvalue weighted by Gasteiger charge is -2.19. The van der Waals surface area contributed by atoms with E-state index in [-0.39, 0.29) is 25.2 Å². The third-order valence-electron chi connectivity index (χ3n) is 2.68. The van der Waals surface area contributed by atoms with Crippen LogP contribution in [0, 0.1) is 5.82 Å². The van der Waals surface area contributed by atoms with Gasteiger partial charge in [0.15, 0.2) is 0 Å². The number of carbonyl (C=O) groups is 1. The molecule has 1 heterocycles. The van der Waals surface area contributed by atoms with Gasteiger partial charge in [-0.3, -0.25) is 10.1 Å². The molecule has 0 saturated carbocycles. The van der Waals surface area contributed by atoms with Crippen LogP contribution in [0.5, 0.6) is 0 Å². The van der Waals surface area contributed by atoms with Crippen LogP contribution in [0.3, 0.4) is 0 Å². The normalized spacial score (nSPS) is 12.8. The zero-order valence-corrected chi connectivity index (χ0v) is 12.9. The number of alkyl halides is 1. The lowest BCUT2D eigenvalue weighted by molar-refractivity contribution is 0.0635. The Bertz CT molecular complexity index is 582. The van der Waals surface area contributed by atoms with Crippen LogP contribution in [-0.2, 0) is 11.3 Å². The summed E-state index contributed by atoms with van der Waals surface area (Å²) in [6, 6.07) is 1.22. The summed E-state index contributed by atoms with van der Waals surface area (Å²) in [5, 5.41) is 2.17. The highest BCUT2D eigenvalue weighted by Crippen LogP contribution is 2.13. The molecular formula is C14H21F2N3O3. The third kappa shape index (κ3) is 5.44. The molecule has 0 saturated heterocycles. The van der Waals surface area contributed by atoms with E-state index in [1.807, 2.05) is 0 Å². The fourth-order valence-corrected chi connectivity index (χ4v) is 1.63. The maximum atomic E-state index is 13.9. The van der Waals surface area contributed by atoms with E-state index in [1.165, 1.54) is 12.3 Å². The molecule has 1 atom stereocenters. The molecule has 8 heteroatoms. The summed E-state index contributed by atoms with van der Waals surface area (Å²) in [7, 11) is 0. The van der Waals surface area contributed by atoms with Gasteiger partial charge in [0, 0.05) is 19.3 Å². The molecule has 1 aromatic heterocycles. The van der Waals surface area contributed by atoms with Crippen LogP contribution in [-0.4, -0.2) is 29.0 Å². The molecule has 0 bridgehead atoms. The summed E-state index contributed by atoms with van der Waals surface area (Å²) < 4.78 is 33.0. The second kappa shape index (κ2) is 7.35. The van der Waals surface area contributed by atoms with E-state index < -0.39 is 29.2 Å². The van der Waals surface area contributed by atoms with Gasteiger partial charge in [0.05, 0.1) is 5.69 Å². The van der Waals surface area contributed by atoms with Gasteiger partial charge in [-0.1, -0.05) is 0 Å². The molecule has 6 nitrogen and oxygen atoms in total. The zero-order chi connectivity index (χ0) is 16.9. The van der Waals surface area contributed by atoms with Crippen molar-refractivity contribution in [1.29, 1.82) is 0 Å². The smallest absolute Gasteiger partial charge is 0.412 e. The molecule has 0 aliphatic heterocycles. The lowest BCUT2D eigenvalue weighted by Crippen LogP contribution is -2.30. The Morgan fingerprint density at radius 1 is 1.50 bits per heavy atom. The van der Waals surface area contributed by atoms with Crippen molar-refractivity contribution in [2.45, 2.75) is 45.5 Å². The average Bonchev–Trinajstić information content (AvgIpc) is 2.40. The Labute approximate surface area is 127 Å². The van der Waals surface area contributed by atoms with Gasteiger partial charge < -0.3 is 15.0 Å². The van der Waals surface area contributed by atoms with E-state index in [2.05, 4.69) is 5.32 Å². The molecule has 0 aliphatic rings. The summed E-state index contributed by atoms with van der Waals surface area (Å²) in [6.45, 7) is 4.82. The Balaban J connectivity index is 2.82. The minimum Gasteiger partial charge on any atom is -0.444 e. The van der Waals surface area contributed by atoms with Crippen LogP contribution < -0.4 is 16.6 Å². The van der Waals surface area contributed by atoms with Crippen molar-refractivity contribution in [3.8, 4) is 0 Å². The molecular weight excluding hydrogens is 296 g/mol. The fraction of sp³-hybridized carbons (Fsp3) is 0.571. The molecule has 1 rings (SSSR count). The molecule has 0 radical (unpaired) electrons. The summed E-state index contributed by atoms with van der Waals surface area (Å²) in [4.78, 5) is 23.4. The number of nitrogens with zero attached hydrogens (tertiary/aromatic N) is 1. The predicted octanol–water partition coefficient (Wildman–Crippen LogP) is 2.02. The maximum Gasteiger partial charge on any atom is 0.412 e. The van der Waals surface area contributed by atoms with Crippen LogP contribution >= 0.6 is 0 Å². The van der Waals surface area contributed by atoms with E-state index in [9.17, 15) is 18.4 Å². The van der Waals surface area contributed by atoms with Crippen LogP contribution in [0.1, 0.15) is 27.2 Å². The number of ether oxygens (including phenoxy) is 1. The van der Waals surface area contributed by atoms with Gasteiger partial charge in [-0.2, -0.15) is 4.39 Å². The molecule has 22 heavy (non-hydrogen) atoms. The molecule has 0 spiro atoms. The highest BCUT2D eigenvalue weighted by atomic mass is 19.1. The third-order valence-corrected chi connectivity index (χ3v) is 2.68. The van der Waals surface area contributed by atoms with Crippen molar-refractivity contribution in [2.24, 2.45) is 5.73 Å². The van der Waals surface area contributed by atoms with Crippen molar-refractivity contribution in [2.75, 3.05) is 11.9 Å². The van der Waals surface area contributed by atoms with E-state index in [1.54, 1.807) is 20.8 Å². The molecule has 0 fully saturated rings. The number of halogens is 2. The van der Waals surface area contributed by atoms with Gasteiger partial charge in [-0.15, -0.1) is 0 Å². The SMILES string of the molecule is CC(C)(C)OC(=O)Nc1ccn(CCC(F)CN)c(=O)c1F. The second-order valence-corrected chi connectivity index (χ2v) is 5.79. The van der Waals surface area contributed by atoms with E-state index >= 15 is 0 Å². The number of amides is 1. The number of aryl methyl sites for hydroxylation is 1. The Kier molecular flexibility index (Phi) is 6.04. The molecule has 0 aromatic carbocycles. The lowest BCUT2D eigenvalue weighted by atomic mass is 10.2. The average molecular weight is 317 g/mol. The Morgan fingerprint density at radius 3 is 2.68 bits per heavy atom. The van der Waals surface area contributed by atoms with E-state index in [0.717, 1.165) is 4.57 Å². The molecule has 124 valence electrons. The number of hydrogen-bond donors (Lipinski definition) is 2. The summed E-state index contributed by atoms with van der Waals surface area (Å²) in [5.74, 6) is -1.13. The summed E-state index contributed by atoms with van der Waals surface area (Å²) >= 11 is 0. The van der Waals surface area contributed by atoms with Gasteiger partial charge in [0.1, 0.15) is 11.8 Å². The van der Waals surface area contributed by atoms with Gasteiger partial charge in [-0.25, -0.2) is 9.18 Å². The topological polar surface area (TPSA) is 86.3 Å². The van der Waals surface area contributed by atoms with Crippen molar-refractivity contribution < 1.29 is 18.3 Å². The number of pyridine rings is 1. The van der Waals surface area contributed by atoms with Crippen molar-refractivity contribution in [3.05, 3.63) is 28.4 Å².